The lowest BCUT2D eigenvalue weighted by Gasteiger charge is -2.32. The van der Waals surface area contributed by atoms with Crippen LogP contribution in [0.2, 0.25) is 0 Å². The second-order valence-electron chi connectivity index (χ2n) is 8.77. The average Bonchev–Trinajstić information content (AvgIpc) is 3.58. The number of benzene rings is 2. The predicted molar refractivity (Wildman–Crippen MR) is 129 cm³/mol. The first-order chi connectivity index (χ1) is 17.3. The Morgan fingerprint density at radius 1 is 1.03 bits per heavy atom. The Morgan fingerprint density at radius 2 is 1.78 bits per heavy atom. The van der Waals surface area contributed by atoms with Crippen LogP contribution in [0.5, 0.6) is 0 Å². The van der Waals surface area contributed by atoms with Gasteiger partial charge in [-0.15, -0.1) is 0 Å². The first-order valence-electron chi connectivity index (χ1n) is 11.8. The van der Waals surface area contributed by atoms with Gasteiger partial charge >= 0.3 is 0 Å². The molecule has 0 aliphatic heterocycles. The van der Waals surface area contributed by atoms with E-state index < -0.39 is 41.9 Å². The monoisotopic (exact) mass is 495 g/mol. The van der Waals surface area contributed by atoms with Gasteiger partial charge in [0.05, 0.1) is 12.8 Å². The number of nitrogens with zero attached hydrogens (tertiary/aromatic N) is 1. The molecule has 1 aromatic heterocycles. The predicted octanol–water partition coefficient (Wildman–Crippen LogP) is 4.43. The summed E-state index contributed by atoms with van der Waals surface area (Å²) in [6, 6.07) is 11.2. The SMILES string of the molecule is Cc1ccc(N(C(=O)CNC(=O)c2ccco2)C(C(=O)NC2CCCC2)c2ccccc2F)cc1F. The summed E-state index contributed by atoms with van der Waals surface area (Å²) in [4.78, 5) is 40.5. The summed E-state index contributed by atoms with van der Waals surface area (Å²) in [5.41, 5.74) is 0.361. The minimum atomic E-state index is -1.43. The lowest BCUT2D eigenvalue weighted by molar-refractivity contribution is -0.126. The number of furan rings is 1. The van der Waals surface area contributed by atoms with Crippen molar-refractivity contribution in [1.29, 1.82) is 0 Å². The molecule has 2 N–H and O–H groups in total. The third-order valence-electron chi connectivity index (χ3n) is 6.26. The largest absolute Gasteiger partial charge is 0.459 e. The van der Waals surface area contributed by atoms with E-state index in [0.717, 1.165) is 36.6 Å². The van der Waals surface area contributed by atoms with E-state index in [0.29, 0.717) is 5.56 Å². The van der Waals surface area contributed by atoms with Crippen LogP contribution in [0.1, 0.15) is 53.4 Å². The van der Waals surface area contributed by atoms with E-state index in [1.807, 2.05) is 0 Å². The third kappa shape index (κ3) is 5.62. The molecule has 1 aliphatic carbocycles. The Labute approximate surface area is 207 Å². The van der Waals surface area contributed by atoms with E-state index in [4.69, 9.17) is 4.42 Å². The van der Waals surface area contributed by atoms with E-state index in [9.17, 15) is 18.8 Å². The van der Waals surface area contributed by atoms with Gasteiger partial charge in [0.25, 0.3) is 5.91 Å². The molecule has 3 aromatic rings. The lowest BCUT2D eigenvalue weighted by atomic mass is 10.0. The Balaban J connectivity index is 1.72. The zero-order valence-electron chi connectivity index (χ0n) is 19.8. The van der Waals surface area contributed by atoms with Gasteiger partial charge in [-0.2, -0.15) is 0 Å². The molecule has 1 atom stereocenters. The molecule has 1 heterocycles. The summed E-state index contributed by atoms with van der Waals surface area (Å²) in [6.07, 6.45) is 4.80. The maximum atomic E-state index is 15.0. The Kier molecular flexibility index (Phi) is 7.77. The van der Waals surface area contributed by atoms with Crippen molar-refractivity contribution < 1.29 is 27.6 Å². The topological polar surface area (TPSA) is 91.7 Å². The number of anilines is 1. The highest BCUT2D eigenvalue weighted by Gasteiger charge is 2.36. The molecule has 9 heteroatoms. The van der Waals surface area contributed by atoms with Crippen molar-refractivity contribution >= 4 is 23.4 Å². The second kappa shape index (κ2) is 11.2. The van der Waals surface area contributed by atoms with Crippen LogP contribution in [0.25, 0.3) is 0 Å². The van der Waals surface area contributed by atoms with Gasteiger partial charge in [0.1, 0.15) is 17.7 Å². The van der Waals surface area contributed by atoms with Crippen LogP contribution in [0, 0.1) is 18.6 Å². The highest BCUT2D eigenvalue weighted by atomic mass is 19.1. The van der Waals surface area contributed by atoms with Gasteiger partial charge < -0.3 is 15.1 Å². The summed E-state index contributed by atoms with van der Waals surface area (Å²) < 4.78 is 34.7. The van der Waals surface area contributed by atoms with Gasteiger partial charge in [0.15, 0.2) is 5.76 Å². The number of amides is 3. The van der Waals surface area contributed by atoms with Gasteiger partial charge in [0.2, 0.25) is 11.8 Å². The molecule has 7 nitrogen and oxygen atoms in total. The van der Waals surface area contributed by atoms with E-state index in [1.54, 1.807) is 13.0 Å². The number of hydrogen-bond acceptors (Lipinski definition) is 4. The smallest absolute Gasteiger partial charge is 0.287 e. The fourth-order valence-corrected chi connectivity index (χ4v) is 4.35. The number of carbonyl (C=O) groups excluding carboxylic acids is 3. The zero-order chi connectivity index (χ0) is 25.7. The molecule has 1 saturated carbocycles. The van der Waals surface area contributed by atoms with Crippen molar-refractivity contribution in [2.75, 3.05) is 11.4 Å². The summed E-state index contributed by atoms with van der Waals surface area (Å²) in [6.45, 7) is 1.03. The zero-order valence-corrected chi connectivity index (χ0v) is 19.8. The second-order valence-corrected chi connectivity index (χ2v) is 8.77. The molecule has 1 fully saturated rings. The number of hydrogen-bond donors (Lipinski definition) is 2. The molecule has 0 saturated heterocycles. The minimum absolute atomic E-state index is 0.000334. The maximum absolute atomic E-state index is 15.0. The summed E-state index contributed by atoms with van der Waals surface area (Å²) in [5.74, 6) is -3.23. The van der Waals surface area contributed by atoms with Crippen LogP contribution in [-0.4, -0.2) is 30.3 Å². The van der Waals surface area contributed by atoms with E-state index in [1.165, 1.54) is 48.7 Å². The quantitative estimate of drug-likeness (QED) is 0.484. The van der Waals surface area contributed by atoms with Crippen molar-refractivity contribution in [2.24, 2.45) is 0 Å². The van der Waals surface area contributed by atoms with Crippen molar-refractivity contribution in [3.63, 3.8) is 0 Å². The van der Waals surface area contributed by atoms with Crippen molar-refractivity contribution in [3.05, 3.63) is 89.4 Å². The molecule has 1 unspecified atom stereocenters. The molecular weight excluding hydrogens is 468 g/mol. The molecule has 0 bridgehead atoms. The molecule has 188 valence electrons. The number of carbonyl (C=O) groups is 3. The van der Waals surface area contributed by atoms with Crippen LogP contribution >= 0.6 is 0 Å². The molecule has 3 amide bonds. The Morgan fingerprint density at radius 3 is 2.44 bits per heavy atom. The van der Waals surface area contributed by atoms with Crippen LogP contribution in [0.4, 0.5) is 14.5 Å². The van der Waals surface area contributed by atoms with Crippen LogP contribution < -0.4 is 15.5 Å². The summed E-state index contributed by atoms with van der Waals surface area (Å²) in [5, 5.41) is 5.38. The maximum Gasteiger partial charge on any atom is 0.287 e. The fourth-order valence-electron chi connectivity index (χ4n) is 4.35. The normalized spacial score (nSPS) is 14.3. The molecule has 4 rings (SSSR count). The minimum Gasteiger partial charge on any atom is -0.459 e. The highest BCUT2D eigenvalue weighted by molar-refractivity contribution is 6.04. The van der Waals surface area contributed by atoms with Crippen molar-refractivity contribution in [2.45, 2.75) is 44.7 Å². The van der Waals surface area contributed by atoms with Gasteiger partial charge in [-0.3, -0.25) is 19.3 Å². The molecule has 2 aromatic carbocycles. The lowest BCUT2D eigenvalue weighted by Crippen LogP contribution is -2.49. The molecule has 1 aliphatic rings. The van der Waals surface area contributed by atoms with Gasteiger partial charge in [0, 0.05) is 17.3 Å². The highest BCUT2D eigenvalue weighted by Crippen LogP contribution is 2.31. The van der Waals surface area contributed by atoms with E-state index >= 15 is 4.39 Å². The van der Waals surface area contributed by atoms with Crippen LogP contribution in [-0.2, 0) is 9.59 Å². The molecular formula is C27H27F2N3O4. The molecule has 0 radical (unpaired) electrons. The number of rotatable bonds is 8. The first kappa shape index (κ1) is 25.1. The van der Waals surface area contributed by atoms with Crippen LogP contribution in [0.15, 0.2) is 65.3 Å². The summed E-state index contributed by atoms with van der Waals surface area (Å²) >= 11 is 0. The molecule has 0 spiro atoms. The third-order valence-corrected chi connectivity index (χ3v) is 6.26. The van der Waals surface area contributed by atoms with Crippen LogP contribution in [0.3, 0.4) is 0 Å². The Bertz CT molecular complexity index is 1240. The van der Waals surface area contributed by atoms with E-state index in [2.05, 4.69) is 10.6 Å². The van der Waals surface area contributed by atoms with Crippen molar-refractivity contribution in [1.82, 2.24) is 10.6 Å². The Hall–Kier alpha value is -4.01. The summed E-state index contributed by atoms with van der Waals surface area (Å²) in [7, 11) is 0. The van der Waals surface area contributed by atoms with Gasteiger partial charge in [-0.25, -0.2) is 8.78 Å². The average molecular weight is 496 g/mol. The number of aryl methyl sites for hydroxylation is 1. The van der Waals surface area contributed by atoms with Crippen molar-refractivity contribution in [3.8, 4) is 0 Å². The number of halogens is 2. The van der Waals surface area contributed by atoms with Gasteiger partial charge in [-0.1, -0.05) is 37.1 Å². The van der Waals surface area contributed by atoms with E-state index in [-0.39, 0.29) is 23.1 Å². The first-order valence-corrected chi connectivity index (χ1v) is 11.8. The number of nitrogens with one attached hydrogen (secondary N) is 2. The fraction of sp³-hybridized carbons (Fsp3) is 0.296. The van der Waals surface area contributed by atoms with Gasteiger partial charge in [-0.05, 0) is 55.7 Å². The molecule has 36 heavy (non-hydrogen) atoms. The standard InChI is InChI=1S/C27H27F2N3O4/c1-17-12-13-19(15-22(17)29)32(24(33)16-30-26(34)23-11-6-14-36-23)25(20-9-4-5-10-21(20)28)27(35)31-18-7-2-3-8-18/h4-6,9-15,18,25H,2-3,7-8,16H2,1H3,(H,30,34)(H,31,35).